The monoisotopic (exact) mass is 276 g/mol. The van der Waals surface area contributed by atoms with Crippen LogP contribution in [0.3, 0.4) is 0 Å². The third-order valence-corrected chi connectivity index (χ3v) is 0.911. The molecule has 0 radical (unpaired) electrons. The Bertz CT molecular complexity index is 149. The number of alkyl halides is 3. The Morgan fingerprint density at radius 2 is 1.69 bits per heavy atom. The van der Waals surface area contributed by atoms with Crippen LogP contribution in [0.2, 0.25) is 0 Å². The maximum atomic E-state index is 11.3. The third kappa shape index (κ3) is 32.8. The average molecular weight is 278 g/mol. The van der Waals surface area contributed by atoms with E-state index in [4.69, 9.17) is 34.8 Å². The number of esters is 1. The second-order valence-electron chi connectivity index (χ2n) is 1.64. The number of halogens is 6. The van der Waals surface area contributed by atoms with Crippen LogP contribution in [0.1, 0.15) is 6.92 Å². The molecule has 0 unspecified atom stereocenters. The summed E-state index contributed by atoms with van der Waals surface area (Å²) in [6, 6.07) is 0. The summed E-state index contributed by atoms with van der Waals surface area (Å²) in [6.07, 6.45) is -1.36. The van der Waals surface area contributed by atoms with Gasteiger partial charge in [0.25, 0.3) is 0 Å². The van der Waals surface area contributed by atoms with Crippen LogP contribution >= 0.6 is 34.8 Å². The molecule has 0 saturated heterocycles. The average Bonchev–Trinajstić information content (AvgIpc) is 1.80. The van der Waals surface area contributed by atoms with E-state index in [1.165, 1.54) is 0 Å². The molecule has 0 rings (SSSR count). The number of hydrogen-bond acceptors (Lipinski definition) is 2. The topological polar surface area (TPSA) is 26.3 Å². The first-order chi connectivity index (χ1) is 5.65. The Balaban J connectivity index is 0. The summed E-state index contributed by atoms with van der Waals surface area (Å²) in [7, 11) is -5.66. The van der Waals surface area contributed by atoms with Gasteiger partial charge in [0.15, 0.2) is 10.5 Å². The summed E-state index contributed by atoms with van der Waals surface area (Å²) in [5.41, 5.74) is 0. The van der Waals surface area contributed by atoms with E-state index in [1.54, 1.807) is 0 Å². The van der Waals surface area contributed by atoms with Crippen LogP contribution in [0.25, 0.3) is 0 Å². The fourth-order valence-electron chi connectivity index (χ4n) is 0.183. The van der Waals surface area contributed by atoms with E-state index in [-0.39, 0.29) is 0 Å². The van der Waals surface area contributed by atoms with Crippen LogP contribution in [-0.4, -0.2) is 25.6 Å². The van der Waals surface area contributed by atoms with Gasteiger partial charge in [-0.15, -0.1) is 0 Å². The van der Waals surface area contributed by atoms with Gasteiger partial charge < -0.3 is 4.74 Å². The highest BCUT2D eigenvalue weighted by Crippen LogP contribution is 2.07. The lowest BCUT2D eigenvalue weighted by Crippen LogP contribution is -2.25. The predicted molar refractivity (Wildman–Crippen MR) is 47.1 cm³/mol. The number of ether oxygens (including phenoxy) is 1. The Labute approximate surface area is 89.4 Å². The van der Waals surface area contributed by atoms with Crippen molar-refractivity contribution in [2.45, 2.75) is 11.2 Å². The van der Waals surface area contributed by atoms with E-state index in [1.807, 2.05) is 0 Å². The molecule has 2 nitrogen and oxygen atoms in total. The standard InChI is InChI=1S/C3H5F3O2Si.CHCl3/c1-3(7)8-2-9(4,5)6;2-1(3)4/h2H2,1H3;1H. The van der Waals surface area contributed by atoms with E-state index >= 15 is 0 Å². The van der Waals surface area contributed by atoms with Crippen LogP contribution in [0.5, 0.6) is 0 Å². The second kappa shape index (κ2) is 7.72. The minimum absolute atomic E-state index is 0.750. The van der Waals surface area contributed by atoms with Gasteiger partial charge in [0.1, 0.15) is 0 Å². The Morgan fingerprint density at radius 3 is 1.77 bits per heavy atom. The van der Waals surface area contributed by atoms with Crippen molar-refractivity contribution >= 4 is 49.8 Å². The van der Waals surface area contributed by atoms with Crippen molar-refractivity contribution < 1.29 is 21.9 Å². The summed E-state index contributed by atoms with van der Waals surface area (Å²) in [4.78, 5) is 9.79. The van der Waals surface area contributed by atoms with Crippen molar-refractivity contribution in [1.29, 1.82) is 0 Å². The predicted octanol–water partition coefficient (Wildman–Crippen LogP) is 2.92. The molecule has 0 aliphatic heterocycles. The quantitative estimate of drug-likeness (QED) is 0.336. The molecule has 0 N–H and O–H groups in total. The molecular weight excluding hydrogens is 271 g/mol. The molecule has 0 amide bonds. The van der Waals surface area contributed by atoms with Crippen LogP contribution in [0.15, 0.2) is 0 Å². The van der Waals surface area contributed by atoms with Crippen molar-refractivity contribution in [3.05, 3.63) is 0 Å². The Morgan fingerprint density at radius 1 is 1.38 bits per heavy atom. The number of carbonyl (C=O) groups is 1. The molecule has 9 heteroatoms. The molecule has 13 heavy (non-hydrogen) atoms. The SMILES string of the molecule is CC(=O)OC[Si](F)(F)F.ClC(Cl)Cl. The van der Waals surface area contributed by atoms with Crippen LogP contribution in [0.4, 0.5) is 12.3 Å². The zero-order valence-electron chi connectivity index (χ0n) is 6.37. The van der Waals surface area contributed by atoms with E-state index < -0.39 is 25.6 Å². The fraction of sp³-hybridized carbons (Fsp3) is 0.750. The normalized spacial score (nSPS) is 10.5. The molecule has 0 aromatic carbocycles. The van der Waals surface area contributed by atoms with Gasteiger partial charge in [0.2, 0.25) is 0 Å². The molecule has 0 aliphatic rings. The van der Waals surface area contributed by atoms with Gasteiger partial charge >= 0.3 is 15.0 Å². The van der Waals surface area contributed by atoms with E-state index in [2.05, 4.69) is 4.74 Å². The molecule has 0 aliphatic carbocycles. The van der Waals surface area contributed by atoms with Gasteiger partial charge in [-0.2, -0.15) is 0 Å². The molecule has 0 bridgehead atoms. The van der Waals surface area contributed by atoms with Crippen molar-refractivity contribution in [3.63, 3.8) is 0 Å². The Kier molecular flexibility index (Phi) is 9.39. The highest BCUT2D eigenvalue weighted by atomic mass is 35.6. The third-order valence-electron chi connectivity index (χ3n) is 0.439. The minimum Gasteiger partial charge on any atom is -0.460 e. The lowest BCUT2D eigenvalue weighted by molar-refractivity contribution is -0.139. The number of hydrogen-bond donors (Lipinski definition) is 0. The van der Waals surface area contributed by atoms with Gasteiger partial charge in [-0.1, -0.05) is 34.8 Å². The molecule has 0 atom stereocenters. The van der Waals surface area contributed by atoms with Gasteiger partial charge in [-0.05, 0) is 0 Å². The maximum Gasteiger partial charge on any atom is 0.656 e. The first-order valence-electron chi connectivity index (χ1n) is 2.77. The van der Waals surface area contributed by atoms with Gasteiger partial charge in [0, 0.05) is 6.92 Å². The summed E-state index contributed by atoms with van der Waals surface area (Å²) in [5.74, 6) is -0.889. The summed E-state index contributed by atoms with van der Waals surface area (Å²) < 4.78 is 36.8. The van der Waals surface area contributed by atoms with Crippen molar-refractivity contribution in [1.82, 2.24) is 0 Å². The fourth-order valence-corrected chi connectivity index (χ4v) is 0.550. The maximum absolute atomic E-state index is 11.3. The number of rotatable bonds is 2. The highest BCUT2D eigenvalue weighted by molar-refractivity contribution is 6.63. The highest BCUT2D eigenvalue weighted by Gasteiger charge is 2.38. The lowest BCUT2D eigenvalue weighted by atomic mass is 10.8. The molecule has 0 fully saturated rings. The van der Waals surface area contributed by atoms with Crippen molar-refractivity contribution in [2.24, 2.45) is 0 Å². The minimum atomic E-state index is -5.66. The van der Waals surface area contributed by atoms with Crippen LogP contribution in [0, 0.1) is 0 Å². The van der Waals surface area contributed by atoms with Crippen LogP contribution in [-0.2, 0) is 9.53 Å². The molecular formula is C4H6Cl3F3O2Si. The van der Waals surface area contributed by atoms with E-state index in [9.17, 15) is 17.1 Å². The Hall–Kier alpha value is 0.347. The lowest BCUT2D eigenvalue weighted by Gasteiger charge is -2.00. The first kappa shape index (κ1) is 15.8. The number of carbonyl (C=O) groups excluding carboxylic acids is 1. The van der Waals surface area contributed by atoms with Crippen LogP contribution < -0.4 is 0 Å². The summed E-state index contributed by atoms with van der Waals surface area (Å²) in [6.45, 7) is 0.945. The summed E-state index contributed by atoms with van der Waals surface area (Å²) in [5, 5.41) is 0. The van der Waals surface area contributed by atoms with Crippen molar-refractivity contribution in [2.75, 3.05) is 6.23 Å². The zero-order valence-corrected chi connectivity index (χ0v) is 9.64. The molecule has 0 spiro atoms. The second-order valence-corrected chi connectivity index (χ2v) is 5.14. The molecule has 0 saturated carbocycles. The van der Waals surface area contributed by atoms with Gasteiger partial charge in [-0.25, -0.2) is 12.3 Å². The smallest absolute Gasteiger partial charge is 0.460 e. The van der Waals surface area contributed by atoms with Crippen molar-refractivity contribution in [3.8, 4) is 0 Å². The molecule has 0 aromatic heterocycles. The zero-order chi connectivity index (χ0) is 11.1. The molecule has 0 aromatic rings. The van der Waals surface area contributed by atoms with Gasteiger partial charge in [0.05, 0.1) is 0 Å². The molecule has 0 heterocycles. The molecule has 80 valence electrons. The first-order valence-corrected chi connectivity index (χ1v) is 5.92. The summed E-state index contributed by atoms with van der Waals surface area (Å²) >= 11 is 14.4. The van der Waals surface area contributed by atoms with Gasteiger partial charge in [-0.3, -0.25) is 4.79 Å². The largest absolute Gasteiger partial charge is 0.656 e. The van der Waals surface area contributed by atoms with E-state index in [0.717, 1.165) is 6.92 Å². The van der Waals surface area contributed by atoms with E-state index in [0.29, 0.717) is 0 Å².